The quantitative estimate of drug-likeness (QED) is 0.528. The van der Waals surface area contributed by atoms with Gasteiger partial charge < -0.3 is 9.47 Å². The van der Waals surface area contributed by atoms with Gasteiger partial charge in [-0.25, -0.2) is 0 Å². The van der Waals surface area contributed by atoms with Gasteiger partial charge in [-0.3, -0.25) is 0 Å². The minimum Gasteiger partial charge on any atom is -0.491 e. The van der Waals surface area contributed by atoms with Crippen molar-refractivity contribution in [2.24, 2.45) is 0 Å². The average Bonchev–Trinajstić information content (AvgIpc) is 3.34. The van der Waals surface area contributed by atoms with Crippen LogP contribution >= 0.6 is 0 Å². The number of epoxide rings is 1. The molecule has 1 aromatic carbocycles. The molecule has 2 unspecified atom stereocenters. The number of ether oxygens (including phenoxy) is 2. The zero-order valence-electron chi connectivity index (χ0n) is 13.4. The van der Waals surface area contributed by atoms with Crippen LogP contribution < -0.4 is 4.74 Å². The maximum absolute atomic E-state index is 5.87. The maximum atomic E-state index is 5.87. The molecule has 0 bridgehead atoms. The average molecular weight is 286 g/mol. The zero-order valence-corrected chi connectivity index (χ0v) is 13.4. The lowest BCUT2D eigenvalue weighted by atomic mass is 10.0. The molecule has 21 heavy (non-hydrogen) atoms. The fraction of sp³-hybridized carbons (Fsp3) is 0.579. The molecule has 1 saturated heterocycles. The molecule has 114 valence electrons. The van der Waals surface area contributed by atoms with Crippen molar-refractivity contribution in [3.05, 3.63) is 41.5 Å². The molecule has 2 heteroatoms. The highest BCUT2D eigenvalue weighted by atomic mass is 16.6. The van der Waals surface area contributed by atoms with Gasteiger partial charge in [-0.1, -0.05) is 23.8 Å². The van der Waals surface area contributed by atoms with Gasteiger partial charge in [0.15, 0.2) is 0 Å². The van der Waals surface area contributed by atoms with E-state index in [1.54, 1.807) is 0 Å². The van der Waals surface area contributed by atoms with Crippen molar-refractivity contribution in [2.75, 3.05) is 6.61 Å². The molecule has 0 aromatic heterocycles. The van der Waals surface area contributed by atoms with Crippen LogP contribution in [0.4, 0.5) is 0 Å². The van der Waals surface area contributed by atoms with Crippen LogP contribution in [0.3, 0.4) is 0 Å². The van der Waals surface area contributed by atoms with Crippen molar-refractivity contribution in [3.63, 3.8) is 0 Å². The highest BCUT2D eigenvalue weighted by molar-refractivity contribution is 5.31. The lowest BCUT2D eigenvalue weighted by Gasteiger charge is -2.07. The third kappa shape index (κ3) is 3.88. The summed E-state index contributed by atoms with van der Waals surface area (Å²) in [6.45, 7) is 7.13. The second kappa shape index (κ2) is 5.84. The molecular formula is C19H26O2. The largest absolute Gasteiger partial charge is 0.491 e. The second-order valence-corrected chi connectivity index (χ2v) is 6.89. The molecule has 3 rings (SSSR count). The van der Waals surface area contributed by atoms with E-state index < -0.39 is 0 Å². The Morgan fingerprint density at radius 1 is 1.29 bits per heavy atom. The smallest absolute Gasteiger partial charge is 0.121 e. The van der Waals surface area contributed by atoms with Gasteiger partial charge in [0.25, 0.3) is 0 Å². The summed E-state index contributed by atoms with van der Waals surface area (Å²) in [7, 11) is 0. The van der Waals surface area contributed by atoms with Gasteiger partial charge >= 0.3 is 0 Å². The fourth-order valence-electron chi connectivity index (χ4n) is 2.79. The summed E-state index contributed by atoms with van der Waals surface area (Å²) in [5.74, 6) is 1.77. The Morgan fingerprint density at radius 2 is 2.00 bits per heavy atom. The van der Waals surface area contributed by atoms with E-state index in [-0.39, 0.29) is 11.7 Å². The molecule has 2 nitrogen and oxygen atoms in total. The maximum Gasteiger partial charge on any atom is 0.121 e. The van der Waals surface area contributed by atoms with Crippen molar-refractivity contribution in [3.8, 4) is 5.75 Å². The van der Waals surface area contributed by atoms with Crippen LogP contribution in [0.25, 0.3) is 0 Å². The van der Waals surface area contributed by atoms with E-state index in [1.165, 1.54) is 24.0 Å². The van der Waals surface area contributed by atoms with Crippen LogP contribution in [-0.4, -0.2) is 18.3 Å². The molecule has 1 saturated carbocycles. The zero-order chi connectivity index (χ0) is 14.9. The van der Waals surface area contributed by atoms with Crippen molar-refractivity contribution in [1.29, 1.82) is 0 Å². The summed E-state index contributed by atoms with van der Waals surface area (Å²) in [4.78, 5) is 0. The van der Waals surface area contributed by atoms with Gasteiger partial charge in [0.2, 0.25) is 0 Å². The van der Waals surface area contributed by atoms with E-state index in [0.717, 1.165) is 24.5 Å². The first kappa shape index (κ1) is 14.6. The van der Waals surface area contributed by atoms with Crippen LogP contribution in [0, 0.1) is 0 Å². The topological polar surface area (TPSA) is 21.8 Å². The molecule has 1 heterocycles. The summed E-state index contributed by atoms with van der Waals surface area (Å²) in [6, 6.07) is 8.59. The molecule has 0 radical (unpaired) electrons. The fourth-order valence-corrected chi connectivity index (χ4v) is 2.79. The van der Waals surface area contributed by atoms with Gasteiger partial charge in [-0.2, -0.15) is 0 Å². The van der Waals surface area contributed by atoms with Gasteiger partial charge in [0.05, 0.1) is 5.60 Å². The summed E-state index contributed by atoms with van der Waals surface area (Å²) < 4.78 is 11.7. The summed E-state index contributed by atoms with van der Waals surface area (Å²) in [5.41, 5.74) is 2.85. The van der Waals surface area contributed by atoms with Gasteiger partial charge in [-0.05, 0) is 70.1 Å². The molecule has 2 aliphatic rings. The van der Waals surface area contributed by atoms with Gasteiger partial charge in [0.1, 0.15) is 18.5 Å². The highest BCUT2D eigenvalue weighted by Crippen LogP contribution is 2.42. The first-order valence-corrected chi connectivity index (χ1v) is 8.11. The third-order valence-electron chi connectivity index (χ3n) is 4.56. The van der Waals surface area contributed by atoms with E-state index in [4.69, 9.17) is 9.47 Å². The molecule has 0 spiro atoms. The van der Waals surface area contributed by atoms with Crippen LogP contribution in [0.1, 0.15) is 57.9 Å². The van der Waals surface area contributed by atoms with Crippen LogP contribution in [0.2, 0.25) is 0 Å². The molecule has 0 N–H and O–H groups in total. The monoisotopic (exact) mass is 286 g/mol. The van der Waals surface area contributed by atoms with Crippen molar-refractivity contribution < 1.29 is 9.47 Å². The third-order valence-corrected chi connectivity index (χ3v) is 4.56. The van der Waals surface area contributed by atoms with Crippen molar-refractivity contribution >= 4 is 0 Å². The Balaban J connectivity index is 1.42. The standard InChI is InChI=1S/C19H26O2/c1-14(2)5-4-12-19(3)18(21-19)13-20-17-10-8-16(9-11-17)15-6-7-15/h5,8-11,15,18H,4,6-7,12-13H2,1-3H3. The second-order valence-electron chi connectivity index (χ2n) is 6.89. The Kier molecular flexibility index (Phi) is 4.08. The molecule has 2 fully saturated rings. The van der Waals surface area contributed by atoms with E-state index in [0.29, 0.717) is 6.61 Å². The minimum atomic E-state index is 0.0138. The number of rotatable bonds is 7. The first-order chi connectivity index (χ1) is 10.1. The minimum absolute atomic E-state index is 0.0138. The summed E-state index contributed by atoms with van der Waals surface area (Å²) in [6.07, 6.45) is 7.38. The number of allylic oxidation sites excluding steroid dienone is 2. The van der Waals surface area contributed by atoms with Crippen LogP contribution in [-0.2, 0) is 4.74 Å². The predicted molar refractivity (Wildman–Crippen MR) is 85.9 cm³/mol. The Morgan fingerprint density at radius 3 is 2.62 bits per heavy atom. The lowest BCUT2D eigenvalue weighted by Crippen LogP contribution is -2.15. The van der Waals surface area contributed by atoms with E-state index in [1.807, 2.05) is 0 Å². The number of hydrogen-bond donors (Lipinski definition) is 0. The molecule has 1 aliphatic carbocycles. The van der Waals surface area contributed by atoms with Gasteiger partial charge in [-0.15, -0.1) is 0 Å². The molecular weight excluding hydrogens is 260 g/mol. The lowest BCUT2D eigenvalue weighted by molar-refractivity contribution is 0.249. The Bertz CT molecular complexity index is 509. The van der Waals surface area contributed by atoms with Crippen LogP contribution in [0.15, 0.2) is 35.9 Å². The molecule has 1 aromatic rings. The summed E-state index contributed by atoms with van der Waals surface area (Å²) in [5, 5.41) is 0. The number of benzene rings is 1. The number of hydrogen-bond acceptors (Lipinski definition) is 2. The SMILES string of the molecule is CC(C)=CCCC1(C)OC1COc1ccc(C2CC2)cc1. The normalized spacial score (nSPS) is 27.3. The van der Waals surface area contributed by atoms with Crippen LogP contribution in [0.5, 0.6) is 5.75 Å². The van der Waals surface area contributed by atoms with Gasteiger partial charge in [0, 0.05) is 0 Å². The Hall–Kier alpha value is -1.28. The van der Waals surface area contributed by atoms with Crippen molar-refractivity contribution in [2.45, 2.75) is 64.1 Å². The van der Waals surface area contributed by atoms with Crippen molar-refractivity contribution in [1.82, 2.24) is 0 Å². The summed E-state index contributed by atoms with van der Waals surface area (Å²) >= 11 is 0. The first-order valence-electron chi connectivity index (χ1n) is 8.11. The van der Waals surface area contributed by atoms with E-state index in [2.05, 4.69) is 51.1 Å². The highest BCUT2D eigenvalue weighted by Gasteiger charge is 2.51. The predicted octanol–water partition coefficient (Wildman–Crippen LogP) is 4.85. The molecule has 2 atom stereocenters. The van der Waals surface area contributed by atoms with E-state index in [9.17, 15) is 0 Å². The Labute approximate surface area is 128 Å². The molecule has 0 amide bonds. The molecule has 1 aliphatic heterocycles. The van der Waals surface area contributed by atoms with E-state index >= 15 is 0 Å².